The SMILES string of the molecule is CC1CCCC(C2CC(C)(C)CCC2=O)N1. The molecule has 1 saturated heterocycles. The summed E-state index contributed by atoms with van der Waals surface area (Å²) in [6, 6.07) is 1.05. The molecule has 0 aromatic rings. The van der Waals surface area contributed by atoms with E-state index in [9.17, 15) is 4.79 Å². The van der Waals surface area contributed by atoms with E-state index in [0.29, 0.717) is 23.3 Å². The molecule has 1 saturated carbocycles. The van der Waals surface area contributed by atoms with Crippen LogP contribution in [0.3, 0.4) is 0 Å². The minimum atomic E-state index is 0.284. The number of Topliss-reactive ketones (excluding diaryl/α,β-unsaturated/α-hetero) is 1. The first-order chi connectivity index (χ1) is 7.48. The zero-order chi connectivity index (χ0) is 11.8. The first-order valence-electron chi connectivity index (χ1n) is 6.77. The molecule has 92 valence electrons. The molecular formula is C14H25NO. The summed E-state index contributed by atoms with van der Waals surface area (Å²) in [6.07, 6.45) is 6.69. The summed E-state index contributed by atoms with van der Waals surface area (Å²) in [5.74, 6) is 0.789. The Hall–Kier alpha value is -0.370. The Morgan fingerprint density at radius 3 is 2.75 bits per heavy atom. The summed E-state index contributed by atoms with van der Waals surface area (Å²) >= 11 is 0. The van der Waals surface area contributed by atoms with Crippen LogP contribution in [0.1, 0.15) is 59.3 Å². The van der Waals surface area contributed by atoms with Crippen molar-refractivity contribution in [2.75, 3.05) is 0 Å². The quantitative estimate of drug-likeness (QED) is 0.740. The predicted molar refractivity (Wildman–Crippen MR) is 66.4 cm³/mol. The zero-order valence-corrected chi connectivity index (χ0v) is 10.9. The van der Waals surface area contributed by atoms with Crippen molar-refractivity contribution in [1.82, 2.24) is 5.32 Å². The molecule has 1 heterocycles. The maximum Gasteiger partial charge on any atom is 0.137 e. The Morgan fingerprint density at radius 2 is 2.06 bits per heavy atom. The van der Waals surface area contributed by atoms with Gasteiger partial charge >= 0.3 is 0 Å². The van der Waals surface area contributed by atoms with E-state index in [2.05, 4.69) is 26.1 Å². The number of hydrogen-bond acceptors (Lipinski definition) is 2. The average Bonchev–Trinajstić information content (AvgIpc) is 2.22. The van der Waals surface area contributed by atoms with Crippen LogP contribution in [0.15, 0.2) is 0 Å². The Kier molecular flexibility index (Phi) is 3.39. The van der Waals surface area contributed by atoms with Crippen molar-refractivity contribution in [1.29, 1.82) is 0 Å². The molecule has 2 nitrogen and oxygen atoms in total. The molecule has 0 radical (unpaired) electrons. The third-order valence-corrected chi connectivity index (χ3v) is 4.37. The van der Waals surface area contributed by atoms with Gasteiger partial charge in [-0.25, -0.2) is 0 Å². The van der Waals surface area contributed by atoms with Gasteiger partial charge < -0.3 is 5.32 Å². The zero-order valence-electron chi connectivity index (χ0n) is 10.9. The molecule has 2 aliphatic rings. The van der Waals surface area contributed by atoms with Crippen LogP contribution in [0, 0.1) is 11.3 Å². The Labute approximate surface area is 99.2 Å². The molecular weight excluding hydrogens is 198 g/mol. The number of hydrogen-bond donors (Lipinski definition) is 1. The molecule has 0 aromatic heterocycles. The van der Waals surface area contributed by atoms with Crippen LogP contribution in [-0.4, -0.2) is 17.9 Å². The Balaban J connectivity index is 2.03. The smallest absolute Gasteiger partial charge is 0.137 e. The number of ketones is 1. The van der Waals surface area contributed by atoms with Crippen LogP contribution < -0.4 is 5.32 Å². The minimum absolute atomic E-state index is 0.284. The molecule has 16 heavy (non-hydrogen) atoms. The van der Waals surface area contributed by atoms with Crippen LogP contribution in [0.2, 0.25) is 0 Å². The van der Waals surface area contributed by atoms with Crippen molar-refractivity contribution in [3.05, 3.63) is 0 Å². The van der Waals surface area contributed by atoms with Gasteiger partial charge in [-0.1, -0.05) is 20.3 Å². The molecule has 0 amide bonds. The van der Waals surface area contributed by atoms with Gasteiger partial charge in [0, 0.05) is 24.4 Å². The highest BCUT2D eigenvalue weighted by Gasteiger charge is 2.38. The van der Waals surface area contributed by atoms with Gasteiger partial charge in [0.2, 0.25) is 0 Å². The molecule has 1 aliphatic heterocycles. The second kappa shape index (κ2) is 4.48. The van der Waals surface area contributed by atoms with E-state index in [0.717, 1.165) is 19.3 Å². The molecule has 1 aliphatic carbocycles. The van der Waals surface area contributed by atoms with Crippen molar-refractivity contribution < 1.29 is 4.79 Å². The lowest BCUT2D eigenvalue weighted by Gasteiger charge is -2.41. The summed E-state index contributed by atoms with van der Waals surface area (Å²) in [5.41, 5.74) is 0.362. The molecule has 2 heteroatoms. The molecule has 0 aromatic carbocycles. The number of rotatable bonds is 1. The lowest BCUT2D eigenvalue weighted by molar-refractivity contribution is -0.128. The van der Waals surface area contributed by atoms with Gasteiger partial charge in [0.25, 0.3) is 0 Å². The van der Waals surface area contributed by atoms with Crippen LogP contribution >= 0.6 is 0 Å². The largest absolute Gasteiger partial charge is 0.311 e. The van der Waals surface area contributed by atoms with Gasteiger partial charge in [-0.05, 0) is 38.0 Å². The first-order valence-corrected chi connectivity index (χ1v) is 6.77. The lowest BCUT2D eigenvalue weighted by atomic mass is 9.68. The van der Waals surface area contributed by atoms with Gasteiger partial charge in [-0.15, -0.1) is 0 Å². The van der Waals surface area contributed by atoms with Gasteiger partial charge in [0.1, 0.15) is 5.78 Å². The molecule has 2 rings (SSSR count). The fourth-order valence-electron chi connectivity index (χ4n) is 3.32. The van der Waals surface area contributed by atoms with E-state index in [-0.39, 0.29) is 5.92 Å². The second-order valence-electron chi connectivity index (χ2n) is 6.55. The summed E-state index contributed by atoms with van der Waals surface area (Å²) in [4.78, 5) is 12.0. The van der Waals surface area contributed by atoms with Gasteiger partial charge in [0.15, 0.2) is 0 Å². The molecule has 2 fully saturated rings. The maximum absolute atomic E-state index is 12.0. The number of nitrogens with one attached hydrogen (secondary N) is 1. The average molecular weight is 223 g/mol. The second-order valence-corrected chi connectivity index (χ2v) is 6.55. The summed E-state index contributed by atoms with van der Waals surface area (Å²) in [7, 11) is 0. The third kappa shape index (κ3) is 2.65. The molecule has 3 unspecified atom stereocenters. The standard InChI is InChI=1S/C14H25NO/c1-10-5-4-6-12(15-10)11-9-14(2,3)8-7-13(11)16/h10-12,15H,4-9H2,1-3H3. The van der Waals surface area contributed by atoms with Crippen LogP contribution in [0.5, 0.6) is 0 Å². The van der Waals surface area contributed by atoms with Crippen molar-refractivity contribution >= 4 is 5.78 Å². The lowest BCUT2D eigenvalue weighted by Crippen LogP contribution is -2.49. The highest BCUT2D eigenvalue weighted by Crippen LogP contribution is 2.39. The maximum atomic E-state index is 12.0. The van der Waals surface area contributed by atoms with E-state index in [1.165, 1.54) is 19.3 Å². The predicted octanol–water partition coefficient (Wildman–Crippen LogP) is 2.91. The van der Waals surface area contributed by atoms with Crippen molar-refractivity contribution in [3.63, 3.8) is 0 Å². The fraction of sp³-hybridized carbons (Fsp3) is 0.929. The third-order valence-electron chi connectivity index (χ3n) is 4.37. The highest BCUT2D eigenvalue weighted by molar-refractivity contribution is 5.82. The van der Waals surface area contributed by atoms with Gasteiger partial charge in [-0.3, -0.25) is 4.79 Å². The number of carbonyl (C=O) groups is 1. The van der Waals surface area contributed by atoms with Crippen molar-refractivity contribution in [3.8, 4) is 0 Å². The van der Waals surface area contributed by atoms with E-state index < -0.39 is 0 Å². The van der Waals surface area contributed by atoms with Crippen LogP contribution in [-0.2, 0) is 4.79 Å². The van der Waals surface area contributed by atoms with Crippen molar-refractivity contribution in [2.24, 2.45) is 11.3 Å². The summed E-state index contributed by atoms with van der Waals surface area (Å²) in [6.45, 7) is 6.85. The Bertz CT molecular complexity index is 272. The molecule has 1 N–H and O–H groups in total. The molecule has 0 bridgehead atoms. The molecule has 0 spiro atoms. The topological polar surface area (TPSA) is 29.1 Å². The first kappa shape index (κ1) is 12.1. The fourth-order valence-corrected chi connectivity index (χ4v) is 3.32. The Morgan fingerprint density at radius 1 is 1.31 bits per heavy atom. The minimum Gasteiger partial charge on any atom is -0.311 e. The highest BCUT2D eigenvalue weighted by atomic mass is 16.1. The van der Waals surface area contributed by atoms with Gasteiger partial charge in [0.05, 0.1) is 0 Å². The van der Waals surface area contributed by atoms with E-state index >= 15 is 0 Å². The number of piperidine rings is 1. The van der Waals surface area contributed by atoms with Gasteiger partial charge in [-0.2, -0.15) is 0 Å². The normalized spacial score (nSPS) is 39.7. The molecule has 3 atom stereocenters. The van der Waals surface area contributed by atoms with Crippen LogP contribution in [0.25, 0.3) is 0 Å². The van der Waals surface area contributed by atoms with E-state index in [4.69, 9.17) is 0 Å². The van der Waals surface area contributed by atoms with E-state index in [1.54, 1.807) is 0 Å². The monoisotopic (exact) mass is 223 g/mol. The van der Waals surface area contributed by atoms with E-state index in [1.807, 2.05) is 0 Å². The van der Waals surface area contributed by atoms with Crippen molar-refractivity contribution in [2.45, 2.75) is 71.4 Å². The summed E-state index contributed by atoms with van der Waals surface area (Å²) < 4.78 is 0. The number of carbonyl (C=O) groups excluding carboxylic acids is 1. The van der Waals surface area contributed by atoms with Crippen LogP contribution in [0.4, 0.5) is 0 Å². The summed E-state index contributed by atoms with van der Waals surface area (Å²) in [5, 5.41) is 3.63.